The molecule has 2 fully saturated rings. The van der Waals surface area contributed by atoms with Crippen LogP contribution < -0.4 is 10.2 Å². The molecule has 0 amide bonds. The number of pyridine rings is 1. The summed E-state index contributed by atoms with van der Waals surface area (Å²) in [4.78, 5) is 7.27. The van der Waals surface area contributed by atoms with E-state index in [-0.39, 0.29) is 0 Å². The molecule has 19 heavy (non-hydrogen) atoms. The Kier molecular flexibility index (Phi) is 2.95. The third-order valence-corrected chi connectivity index (χ3v) is 5.21. The van der Waals surface area contributed by atoms with Crippen molar-refractivity contribution in [3.63, 3.8) is 0 Å². The molecule has 4 rings (SSSR count). The molecule has 3 nitrogen and oxygen atoms in total. The van der Waals surface area contributed by atoms with Gasteiger partial charge in [0.15, 0.2) is 0 Å². The first-order valence-corrected chi connectivity index (χ1v) is 7.86. The van der Waals surface area contributed by atoms with Crippen molar-refractivity contribution in [1.29, 1.82) is 0 Å². The van der Waals surface area contributed by atoms with Crippen LogP contribution in [0.15, 0.2) is 12.3 Å². The van der Waals surface area contributed by atoms with Crippen LogP contribution in [0, 0.1) is 5.92 Å². The maximum atomic E-state index is 4.71. The first kappa shape index (κ1) is 11.7. The highest BCUT2D eigenvalue weighted by molar-refractivity contribution is 5.54. The fraction of sp³-hybridized carbons (Fsp3) is 0.688. The van der Waals surface area contributed by atoms with Gasteiger partial charge in [0.2, 0.25) is 0 Å². The maximum absolute atomic E-state index is 4.71. The molecular formula is C16H23N3. The van der Waals surface area contributed by atoms with Gasteiger partial charge in [-0.15, -0.1) is 0 Å². The van der Waals surface area contributed by atoms with Gasteiger partial charge in [-0.2, -0.15) is 0 Å². The van der Waals surface area contributed by atoms with E-state index in [1.54, 1.807) is 11.1 Å². The van der Waals surface area contributed by atoms with Crippen molar-refractivity contribution < 1.29 is 0 Å². The van der Waals surface area contributed by atoms with Gasteiger partial charge in [0, 0.05) is 31.9 Å². The van der Waals surface area contributed by atoms with Gasteiger partial charge in [-0.3, -0.25) is 0 Å². The minimum Gasteiger partial charge on any atom is -0.351 e. The summed E-state index contributed by atoms with van der Waals surface area (Å²) in [6.45, 7) is 3.36. The van der Waals surface area contributed by atoms with E-state index in [2.05, 4.69) is 16.3 Å². The van der Waals surface area contributed by atoms with Gasteiger partial charge in [0.05, 0.1) is 0 Å². The summed E-state index contributed by atoms with van der Waals surface area (Å²) in [6.07, 6.45) is 10.2. The van der Waals surface area contributed by atoms with Crippen molar-refractivity contribution in [3.8, 4) is 0 Å². The van der Waals surface area contributed by atoms with E-state index in [1.165, 1.54) is 44.3 Å². The Morgan fingerprint density at radius 3 is 3.11 bits per heavy atom. The zero-order valence-electron chi connectivity index (χ0n) is 11.6. The second-order valence-corrected chi connectivity index (χ2v) is 6.36. The fourth-order valence-corrected chi connectivity index (χ4v) is 3.85. The zero-order chi connectivity index (χ0) is 12.7. The lowest BCUT2D eigenvalue weighted by Gasteiger charge is -2.42. The monoisotopic (exact) mass is 257 g/mol. The first-order chi connectivity index (χ1) is 9.42. The summed E-state index contributed by atoms with van der Waals surface area (Å²) in [7, 11) is 0. The van der Waals surface area contributed by atoms with Crippen LogP contribution in [0.4, 0.5) is 5.82 Å². The molecule has 102 valence electrons. The molecule has 1 aromatic rings. The Morgan fingerprint density at radius 2 is 2.26 bits per heavy atom. The first-order valence-electron chi connectivity index (χ1n) is 7.86. The van der Waals surface area contributed by atoms with Gasteiger partial charge in [0.1, 0.15) is 5.82 Å². The Hall–Kier alpha value is -1.09. The maximum Gasteiger partial charge on any atom is 0.132 e. The van der Waals surface area contributed by atoms with Crippen LogP contribution in [0.1, 0.15) is 36.8 Å². The molecule has 2 aliphatic heterocycles. The highest BCUT2D eigenvalue weighted by Crippen LogP contribution is 2.36. The van der Waals surface area contributed by atoms with E-state index in [9.17, 15) is 0 Å². The molecule has 0 radical (unpaired) electrons. The van der Waals surface area contributed by atoms with Crippen molar-refractivity contribution in [3.05, 3.63) is 23.4 Å². The number of fused-ring (bicyclic) bond motifs is 3. The predicted octanol–water partition coefficient (Wildman–Crippen LogP) is 2.15. The summed E-state index contributed by atoms with van der Waals surface area (Å²) >= 11 is 0. The van der Waals surface area contributed by atoms with Crippen LogP contribution in [-0.4, -0.2) is 30.7 Å². The summed E-state index contributed by atoms with van der Waals surface area (Å²) < 4.78 is 0. The van der Waals surface area contributed by atoms with Crippen molar-refractivity contribution in [2.24, 2.45) is 5.92 Å². The summed E-state index contributed by atoms with van der Waals surface area (Å²) in [5.74, 6) is 2.25. The second kappa shape index (κ2) is 4.78. The SMILES string of the molecule is c1cc(CC2CCC2)c2c(n1)N1CCNCC1CC2. The van der Waals surface area contributed by atoms with Gasteiger partial charge in [0.25, 0.3) is 0 Å². The van der Waals surface area contributed by atoms with Crippen molar-refractivity contribution in [1.82, 2.24) is 10.3 Å². The lowest BCUT2D eigenvalue weighted by Crippen LogP contribution is -2.53. The van der Waals surface area contributed by atoms with Crippen LogP contribution >= 0.6 is 0 Å². The molecule has 0 aromatic carbocycles. The van der Waals surface area contributed by atoms with Crippen molar-refractivity contribution in [2.75, 3.05) is 24.5 Å². The third-order valence-electron chi connectivity index (χ3n) is 5.21. The van der Waals surface area contributed by atoms with Crippen LogP contribution in [0.2, 0.25) is 0 Å². The van der Waals surface area contributed by atoms with E-state index < -0.39 is 0 Å². The minimum atomic E-state index is 0.674. The molecule has 3 aliphatic rings. The lowest BCUT2D eigenvalue weighted by molar-refractivity contribution is 0.313. The average Bonchev–Trinajstić information content (AvgIpc) is 2.42. The van der Waals surface area contributed by atoms with Crippen LogP contribution in [0.3, 0.4) is 0 Å². The number of anilines is 1. The van der Waals surface area contributed by atoms with Gasteiger partial charge in [-0.25, -0.2) is 4.98 Å². The van der Waals surface area contributed by atoms with Gasteiger partial charge in [-0.1, -0.05) is 19.3 Å². The van der Waals surface area contributed by atoms with Crippen molar-refractivity contribution in [2.45, 2.75) is 44.6 Å². The molecule has 1 atom stereocenters. The Balaban J connectivity index is 1.64. The minimum absolute atomic E-state index is 0.674. The topological polar surface area (TPSA) is 28.2 Å². The highest BCUT2D eigenvalue weighted by Gasteiger charge is 2.31. The molecule has 1 N–H and O–H groups in total. The average molecular weight is 257 g/mol. The predicted molar refractivity (Wildman–Crippen MR) is 77.6 cm³/mol. The normalized spacial score (nSPS) is 26.5. The number of aromatic nitrogens is 1. The molecule has 3 heteroatoms. The number of hydrogen-bond acceptors (Lipinski definition) is 3. The highest BCUT2D eigenvalue weighted by atomic mass is 15.3. The van der Waals surface area contributed by atoms with E-state index in [0.29, 0.717) is 6.04 Å². The molecule has 0 spiro atoms. The molecule has 3 heterocycles. The summed E-state index contributed by atoms with van der Waals surface area (Å²) in [5.41, 5.74) is 3.15. The Bertz CT molecular complexity index is 467. The van der Waals surface area contributed by atoms with Crippen LogP contribution in [0.5, 0.6) is 0 Å². The summed E-state index contributed by atoms with van der Waals surface area (Å²) in [6, 6.07) is 2.95. The Morgan fingerprint density at radius 1 is 1.32 bits per heavy atom. The standard InChI is InChI=1S/C16H23N3/c1-2-12(3-1)10-13-6-7-18-16-15(13)5-4-14-11-17-8-9-19(14)16/h6-7,12,14,17H,1-5,8-11H2. The van der Waals surface area contributed by atoms with Gasteiger partial charge < -0.3 is 10.2 Å². The Labute approximate surface area is 115 Å². The number of nitrogens with zero attached hydrogens (tertiary/aromatic N) is 2. The van der Waals surface area contributed by atoms with Crippen LogP contribution in [-0.2, 0) is 12.8 Å². The molecule has 0 bridgehead atoms. The van der Waals surface area contributed by atoms with E-state index in [4.69, 9.17) is 4.98 Å². The quantitative estimate of drug-likeness (QED) is 0.880. The molecule has 1 unspecified atom stereocenters. The van der Waals surface area contributed by atoms with E-state index in [0.717, 1.165) is 25.6 Å². The van der Waals surface area contributed by atoms with E-state index >= 15 is 0 Å². The molecule has 1 aliphatic carbocycles. The summed E-state index contributed by atoms with van der Waals surface area (Å²) in [5, 5.41) is 3.51. The van der Waals surface area contributed by atoms with Crippen LogP contribution in [0.25, 0.3) is 0 Å². The van der Waals surface area contributed by atoms with Gasteiger partial charge in [-0.05, 0) is 42.4 Å². The smallest absolute Gasteiger partial charge is 0.132 e. The fourth-order valence-electron chi connectivity index (χ4n) is 3.85. The third kappa shape index (κ3) is 2.04. The van der Waals surface area contributed by atoms with Crippen molar-refractivity contribution >= 4 is 5.82 Å². The second-order valence-electron chi connectivity index (χ2n) is 6.36. The largest absolute Gasteiger partial charge is 0.351 e. The molecule has 1 saturated carbocycles. The zero-order valence-corrected chi connectivity index (χ0v) is 11.6. The molecule has 1 saturated heterocycles. The molecular weight excluding hydrogens is 234 g/mol. The molecule has 1 aromatic heterocycles. The van der Waals surface area contributed by atoms with E-state index in [1.807, 2.05) is 6.20 Å². The van der Waals surface area contributed by atoms with Gasteiger partial charge >= 0.3 is 0 Å². The lowest BCUT2D eigenvalue weighted by atomic mass is 9.79. The number of piperazine rings is 1. The number of rotatable bonds is 2. The number of nitrogens with one attached hydrogen (secondary N) is 1. The number of hydrogen-bond donors (Lipinski definition) is 1.